The zero-order valence-electron chi connectivity index (χ0n) is 25.8. The average molecular weight is 677 g/mol. The number of alkyl halides is 3. The molecule has 244 valence electrons. The second-order valence-electron chi connectivity index (χ2n) is 11.3. The molecule has 1 N–H and O–H groups in total. The Kier molecular flexibility index (Phi) is 12.1. The number of carbonyl (C=O) groups is 1. The summed E-state index contributed by atoms with van der Waals surface area (Å²) in [5, 5.41) is 6.66. The molecule has 0 aliphatic heterocycles. The first-order valence-electron chi connectivity index (χ1n) is 15.4. The van der Waals surface area contributed by atoms with Gasteiger partial charge >= 0.3 is 6.18 Å². The lowest BCUT2D eigenvalue weighted by Gasteiger charge is -2.29. The van der Waals surface area contributed by atoms with Crippen LogP contribution in [0.4, 0.5) is 13.2 Å². The number of halogens is 4. The van der Waals surface area contributed by atoms with Crippen molar-refractivity contribution in [3.8, 4) is 5.75 Å². The number of thiophene rings is 1. The molecule has 4 aromatic carbocycles. The van der Waals surface area contributed by atoms with Gasteiger partial charge in [-0.05, 0) is 69.3 Å². The van der Waals surface area contributed by atoms with Crippen molar-refractivity contribution in [3.63, 3.8) is 0 Å². The van der Waals surface area contributed by atoms with Crippen LogP contribution in [-0.2, 0) is 30.5 Å². The van der Waals surface area contributed by atoms with Gasteiger partial charge < -0.3 is 10.1 Å². The quantitative estimate of drug-likeness (QED) is 0.112. The SMILES string of the molecule is O=C(Cc1cccc(OCCCN(Cc2cccc(C(F)(F)F)c2Cl)CC(c2ccccc2)c2ccccc2)c1)NCc1ccsc1. The molecule has 0 saturated heterocycles. The Bertz CT molecular complexity index is 1660. The van der Waals surface area contributed by atoms with Gasteiger partial charge in [-0.3, -0.25) is 9.69 Å². The molecule has 0 fully saturated rings. The van der Waals surface area contributed by atoms with Gasteiger partial charge in [0.15, 0.2) is 0 Å². The molecule has 0 aliphatic carbocycles. The number of benzene rings is 4. The zero-order valence-corrected chi connectivity index (χ0v) is 27.3. The van der Waals surface area contributed by atoms with Crippen LogP contribution in [0.3, 0.4) is 0 Å². The molecule has 1 amide bonds. The molecule has 9 heteroatoms. The zero-order chi connectivity index (χ0) is 33.1. The molecule has 0 saturated carbocycles. The van der Waals surface area contributed by atoms with Crippen LogP contribution in [0.2, 0.25) is 5.02 Å². The van der Waals surface area contributed by atoms with Crippen LogP contribution in [0.15, 0.2) is 120 Å². The van der Waals surface area contributed by atoms with Crippen molar-refractivity contribution in [2.45, 2.75) is 38.0 Å². The van der Waals surface area contributed by atoms with E-state index in [1.165, 1.54) is 6.07 Å². The van der Waals surface area contributed by atoms with Gasteiger partial charge in [-0.2, -0.15) is 24.5 Å². The van der Waals surface area contributed by atoms with Crippen LogP contribution in [0.1, 0.15) is 45.7 Å². The maximum Gasteiger partial charge on any atom is 0.417 e. The molecule has 4 nitrogen and oxygen atoms in total. The number of ether oxygens (including phenoxy) is 1. The molecular weight excluding hydrogens is 641 g/mol. The Hall–Kier alpha value is -4.11. The fraction of sp³-hybridized carbons (Fsp3) is 0.237. The van der Waals surface area contributed by atoms with Gasteiger partial charge in [0.1, 0.15) is 5.75 Å². The number of nitrogens with zero attached hydrogens (tertiary/aromatic N) is 1. The lowest BCUT2D eigenvalue weighted by molar-refractivity contribution is -0.137. The highest BCUT2D eigenvalue weighted by Gasteiger charge is 2.34. The average Bonchev–Trinajstić information content (AvgIpc) is 3.60. The minimum atomic E-state index is -4.54. The van der Waals surface area contributed by atoms with E-state index in [1.807, 2.05) is 77.5 Å². The molecule has 5 rings (SSSR count). The van der Waals surface area contributed by atoms with E-state index in [9.17, 15) is 18.0 Å². The maximum atomic E-state index is 13.7. The van der Waals surface area contributed by atoms with Crippen LogP contribution >= 0.6 is 22.9 Å². The third-order valence-corrected chi connectivity index (χ3v) is 9.02. The minimum Gasteiger partial charge on any atom is -0.494 e. The molecular formula is C38H36ClF3N2O2S. The fourth-order valence-electron chi connectivity index (χ4n) is 5.49. The first-order valence-corrected chi connectivity index (χ1v) is 16.7. The molecule has 0 bridgehead atoms. The molecule has 47 heavy (non-hydrogen) atoms. The van der Waals surface area contributed by atoms with Crippen LogP contribution in [0.25, 0.3) is 0 Å². The Morgan fingerprint density at radius 1 is 0.872 bits per heavy atom. The fourth-order valence-corrected chi connectivity index (χ4v) is 6.46. The van der Waals surface area contributed by atoms with E-state index in [-0.39, 0.29) is 29.8 Å². The summed E-state index contributed by atoms with van der Waals surface area (Å²) in [6, 6.07) is 33.8. The van der Waals surface area contributed by atoms with Crippen molar-refractivity contribution < 1.29 is 22.7 Å². The van der Waals surface area contributed by atoms with Crippen molar-refractivity contribution >= 4 is 28.8 Å². The summed E-state index contributed by atoms with van der Waals surface area (Å²) < 4.78 is 47.1. The van der Waals surface area contributed by atoms with E-state index in [0.717, 1.165) is 28.3 Å². The van der Waals surface area contributed by atoms with E-state index in [0.29, 0.717) is 44.0 Å². The first-order chi connectivity index (χ1) is 22.8. The summed E-state index contributed by atoms with van der Waals surface area (Å²) in [4.78, 5) is 14.6. The maximum absolute atomic E-state index is 13.7. The third-order valence-electron chi connectivity index (χ3n) is 7.84. The van der Waals surface area contributed by atoms with Gasteiger partial charge in [0.25, 0.3) is 0 Å². The number of rotatable bonds is 15. The summed E-state index contributed by atoms with van der Waals surface area (Å²) >= 11 is 7.94. The van der Waals surface area contributed by atoms with Crippen molar-refractivity contribution in [3.05, 3.63) is 158 Å². The summed E-state index contributed by atoms with van der Waals surface area (Å²) in [7, 11) is 0. The number of nitrogens with one attached hydrogen (secondary N) is 1. The van der Waals surface area contributed by atoms with Gasteiger partial charge in [-0.1, -0.05) is 96.5 Å². The summed E-state index contributed by atoms with van der Waals surface area (Å²) in [6.07, 6.45) is -3.67. The standard InChI is InChI=1S/C38H36ClF3N2O2S/c39-37-32(15-8-17-35(37)38(40,41)42)25-44(26-34(30-11-3-1-4-12-30)31-13-5-2-6-14-31)19-9-20-46-33-16-7-10-28(22-33)23-36(45)43-24-29-18-21-47-27-29/h1-8,10-18,21-22,27,34H,9,19-20,23-26H2,(H,43,45). The van der Waals surface area contributed by atoms with Crippen molar-refractivity contribution in [1.82, 2.24) is 10.2 Å². The Morgan fingerprint density at radius 3 is 2.23 bits per heavy atom. The van der Waals surface area contributed by atoms with E-state index in [2.05, 4.69) is 34.5 Å². The smallest absolute Gasteiger partial charge is 0.417 e. The van der Waals surface area contributed by atoms with Crippen molar-refractivity contribution in [2.75, 3.05) is 19.7 Å². The molecule has 0 radical (unpaired) electrons. The molecule has 0 aliphatic rings. The molecule has 1 heterocycles. The van der Waals surface area contributed by atoms with Crippen LogP contribution < -0.4 is 10.1 Å². The number of amides is 1. The molecule has 0 atom stereocenters. The second-order valence-corrected chi connectivity index (χ2v) is 12.5. The van der Waals surface area contributed by atoms with E-state index >= 15 is 0 Å². The Labute approximate surface area is 282 Å². The highest BCUT2D eigenvalue weighted by atomic mass is 35.5. The lowest BCUT2D eigenvalue weighted by Crippen LogP contribution is -2.31. The summed E-state index contributed by atoms with van der Waals surface area (Å²) in [6.45, 7) is 2.26. The van der Waals surface area contributed by atoms with E-state index in [4.69, 9.17) is 16.3 Å². The largest absolute Gasteiger partial charge is 0.494 e. The minimum absolute atomic E-state index is 0.00884. The van der Waals surface area contributed by atoms with Crippen LogP contribution in [0, 0.1) is 0 Å². The van der Waals surface area contributed by atoms with Crippen molar-refractivity contribution in [1.29, 1.82) is 0 Å². The second kappa shape index (κ2) is 16.6. The first kappa shape index (κ1) is 34.2. The number of carbonyl (C=O) groups excluding carboxylic acids is 1. The molecule has 0 unspecified atom stereocenters. The van der Waals surface area contributed by atoms with Crippen LogP contribution in [0.5, 0.6) is 5.75 Å². The van der Waals surface area contributed by atoms with E-state index in [1.54, 1.807) is 17.4 Å². The number of hydrogen-bond donors (Lipinski definition) is 1. The van der Waals surface area contributed by atoms with E-state index < -0.39 is 11.7 Å². The van der Waals surface area contributed by atoms with Gasteiger partial charge in [0, 0.05) is 32.1 Å². The highest BCUT2D eigenvalue weighted by molar-refractivity contribution is 7.07. The normalized spacial score (nSPS) is 11.6. The molecule has 0 spiro atoms. The molecule has 5 aromatic rings. The van der Waals surface area contributed by atoms with Gasteiger partial charge in [0.05, 0.1) is 23.6 Å². The Balaban J connectivity index is 1.26. The lowest BCUT2D eigenvalue weighted by atomic mass is 9.90. The molecule has 1 aromatic heterocycles. The van der Waals surface area contributed by atoms with Crippen molar-refractivity contribution in [2.24, 2.45) is 0 Å². The monoisotopic (exact) mass is 676 g/mol. The van der Waals surface area contributed by atoms with Gasteiger partial charge in [0.2, 0.25) is 5.91 Å². The highest BCUT2D eigenvalue weighted by Crippen LogP contribution is 2.37. The third kappa shape index (κ3) is 10.2. The predicted molar refractivity (Wildman–Crippen MR) is 183 cm³/mol. The van der Waals surface area contributed by atoms with Crippen LogP contribution in [-0.4, -0.2) is 30.5 Å². The Morgan fingerprint density at radius 2 is 1.57 bits per heavy atom. The number of hydrogen-bond acceptors (Lipinski definition) is 4. The van der Waals surface area contributed by atoms with Gasteiger partial charge in [-0.25, -0.2) is 0 Å². The topological polar surface area (TPSA) is 41.6 Å². The predicted octanol–water partition coefficient (Wildman–Crippen LogP) is 9.38. The van der Waals surface area contributed by atoms with Gasteiger partial charge in [-0.15, -0.1) is 0 Å². The summed E-state index contributed by atoms with van der Waals surface area (Å²) in [5.41, 5.74) is 3.75. The summed E-state index contributed by atoms with van der Waals surface area (Å²) in [5.74, 6) is 0.584.